The van der Waals surface area contributed by atoms with E-state index in [0.717, 1.165) is 49.2 Å². The SMILES string of the molecule is Cc1cccc(N2CC3(C2)CN(c2nnc4n2-c2ccc(Cl)cc2CN(C25CC(C(F)(F)F)(C2)C5)C4)C3)c1F. The molecule has 3 saturated carbocycles. The van der Waals surface area contributed by atoms with Gasteiger partial charge in [-0.15, -0.1) is 10.2 Å². The first-order valence-corrected chi connectivity index (χ1v) is 13.7. The monoisotopic (exact) mass is 558 g/mol. The van der Waals surface area contributed by atoms with Gasteiger partial charge in [0.2, 0.25) is 5.95 Å². The summed E-state index contributed by atoms with van der Waals surface area (Å²) in [5.41, 5.74) is 1.31. The van der Waals surface area contributed by atoms with Crippen molar-refractivity contribution in [1.29, 1.82) is 0 Å². The van der Waals surface area contributed by atoms with Crippen LogP contribution < -0.4 is 9.80 Å². The first-order valence-electron chi connectivity index (χ1n) is 13.3. The van der Waals surface area contributed by atoms with Crippen LogP contribution in [-0.2, 0) is 13.1 Å². The zero-order valence-electron chi connectivity index (χ0n) is 21.4. The normalized spacial score (nSPS) is 28.6. The fraction of sp³-hybridized carbons (Fsp3) is 0.500. The number of benzene rings is 2. The van der Waals surface area contributed by atoms with Crippen LogP contribution in [0, 0.1) is 23.6 Å². The van der Waals surface area contributed by atoms with Gasteiger partial charge in [0.1, 0.15) is 5.82 Å². The minimum Gasteiger partial charge on any atom is -0.368 e. The summed E-state index contributed by atoms with van der Waals surface area (Å²) in [4.78, 5) is 6.45. The van der Waals surface area contributed by atoms with Gasteiger partial charge in [0, 0.05) is 48.7 Å². The third-order valence-electron chi connectivity index (χ3n) is 9.86. The quantitative estimate of drug-likeness (QED) is 0.397. The van der Waals surface area contributed by atoms with Gasteiger partial charge in [-0.1, -0.05) is 23.7 Å². The van der Waals surface area contributed by atoms with Gasteiger partial charge in [0.15, 0.2) is 5.82 Å². The lowest BCUT2D eigenvalue weighted by atomic mass is 9.38. The number of halogens is 5. The molecule has 0 radical (unpaired) electrons. The molecule has 2 bridgehead atoms. The number of alkyl halides is 3. The molecule has 9 rings (SSSR count). The molecule has 3 aliphatic heterocycles. The molecule has 1 aromatic heterocycles. The fourth-order valence-corrected chi connectivity index (χ4v) is 8.01. The van der Waals surface area contributed by atoms with Crippen LogP contribution >= 0.6 is 11.6 Å². The van der Waals surface area contributed by atoms with Crippen LogP contribution in [0.3, 0.4) is 0 Å². The first kappa shape index (κ1) is 24.0. The van der Waals surface area contributed by atoms with Crippen LogP contribution in [0.1, 0.15) is 36.2 Å². The van der Waals surface area contributed by atoms with E-state index in [9.17, 15) is 17.6 Å². The molecule has 0 amide bonds. The lowest BCUT2D eigenvalue weighted by Gasteiger charge is -2.73. The second-order valence-corrected chi connectivity index (χ2v) is 13.0. The second-order valence-electron chi connectivity index (χ2n) is 12.5. The third kappa shape index (κ3) is 3.18. The Hall–Kier alpha value is -2.85. The Kier molecular flexibility index (Phi) is 4.59. The number of fused-ring (bicyclic) bond motifs is 3. The Bertz CT molecular complexity index is 1500. The van der Waals surface area contributed by atoms with Crippen molar-refractivity contribution in [2.75, 3.05) is 36.0 Å². The Morgan fingerprint density at radius 3 is 2.33 bits per heavy atom. The van der Waals surface area contributed by atoms with Gasteiger partial charge >= 0.3 is 6.18 Å². The summed E-state index contributed by atoms with van der Waals surface area (Å²) in [6, 6.07) is 11.2. The topological polar surface area (TPSA) is 40.4 Å². The Morgan fingerprint density at radius 1 is 0.897 bits per heavy atom. The van der Waals surface area contributed by atoms with Gasteiger partial charge in [-0.05, 0) is 61.6 Å². The summed E-state index contributed by atoms with van der Waals surface area (Å²) < 4.78 is 57.4. The van der Waals surface area contributed by atoms with Crippen LogP contribution in [0.15, 0.2) is 36.4 Å². The molecule has 2 saturated heterocycles. The molecule has 4 heterocycles. The average molecular weight is 559 g/mol. The minimum absolute atomic E-state index is 0.0833. The molecule has 204 valence electrons. The number of aromatic nitrogens is 3. The van der Waals surface area contributed by atoms with Crippen LogP contribution in [0.25, 0.3) is 5.69 Å². The molecule has 1 spiro atoms. The Labute approximate surface area is 228 Å². The van der Waals surface area contributed by atoms with E-state index in [4.69, 9.17) is 11.6 Å². The smallest absolute Gasteiger partial charge is 0.368 e. The molecule has 5 fully saturated rings. The van der Waals surface area contributed by atoms with E-state index in [1.807, 2.05) is 30.3 Å². The van der Waals surface area contributed by atoms with Gasteiger partial charge in [-0.3, -0.25) is 9.47 Å². The maximum Gasteiger partial charge on any atom is 0.394 e. The van der Waals surface area contributed by atoms with Crippen LogP contribution in [0.4, 0.5) is 29.2 Å². The molecule has 0 N–H and O–H groups in total. The standard InChI is InChI=1S/C28H27ClF4N6/c1-17-3-2-4-21(23(17)30)36-13-25(14-36)15-37(16-25)24-35-34-22-9-38(27-10-26(11-27,12-27)28(31,32)33)8-18-7-19(29)5-6-20(18)39(22)24/h2-7H,8-16H2,1H3. The summed E-state index contributed by atoms with van der Waals surface area (Å²) in [7, 11) is 0. The van der Waals surface area contributed by atoms with Gasteiger partial charge < -0.3 is 9.80 Å². The van der Waals surface area contributed by atoms with Crippen molar-refractivity contribution in [3.63, 3.8) is 0 Å². The summed E-state index contributed by atoms with van der Waals surface area (Å²) in [5.74, 6) is 1.32. The van der Waals surface area contributed by atoms with Crippen LogP contribution in [-0.4, -0.2) is 57.6 Å². The number of anilines is 2. The number of hydrogen-bond acceptors (Lipinski definition) is 5. The predicted octanol–water partition coefficient (Wildman–Crippen LogP) is 5.50. The van der Waals surface area contributed by atoms with Gasteiger partial charge in [0.05, 0.1) is 23.3 Å². The van der Waals surface area contributed by atoms with Crippen molar-refractivity contribution in [2.24, 2.45) is 10.8 Å². The van der Waals surface area contributed by atoms with E-state index >= 15 is 0 Å². The van der Waals surface area contributed by atoms with Crippen molar-refractivity contribution < 1.29 is 17.6 Å². The van der Waals surface area contributed by atoms with E-state index in [1.165, 1.54) is 0 Å². The molecule has 6 aliphatic rings. The first-order chi connectivity index (χ1) is 18.5. The zero-order valence-corrected chi connectivity index (χ0v) is 22.2. The van der Waals surface area contributed by atoms with Gasteiger partial charge in [-0.25, -0.2) is 4.39 Å². The third-order valence-corrected chi connectivity index (χ3v) is 10.1. The zero-order chi connectivity index (χ0) is 26.9. The highest BCUT2D eigenvalue weighted by Gasteiger charge is 2.80. The maximum absolute atomic E-state index is 14.6. The van der Waals surface area contributed by atoms with E-state index in [-0.39, 0.29) is 30.5 Å². The van der Waals surface area contributed by atoms with Crippen molar-refractivity contribution in [2.45, 2.75) is 51.0 Å². The number of nitrogens with zero attached hydrogens (tertiary/aromatic N) is 6. The van der Waals surface area contributed by atoms with E-state index in [0.29, 0.717) is 29.4 Å². The fourth-order valence-electron chi connectivity index (χ4n) is 7.81. The highest BCUT2D eigenvalue weighted by atomic mass is 35.5. The van der Waals surface area contributed by atoms with Crippen molar-refractivity contribution >= 4 is 23.2 Å². The maximum atomic E-state index is 14.6. The molecule has 3 aromatic rings. The minimum atomic E-state index is -4.15. The molecular formula is C28H27ClF4N6. The summed E-state index contributed by atoms with van der Waals surface area (Å²) >= 11 is 6.37. The summed E-state index contributed by atoms with van der Waals surface area (Å²) in [5, 5.41) is 9.69. The summed E-state index contributed by atoms with van der Waals surface area (Å²) in [6.07, 6.45) is -3.71. The van der Waals surface area contributed by atoms with Crippen LogP contribution in [0.2, 0.25) is 5.02 Å². The van der Waals surface area contributed by atoms with E-state index < -0.39 is 17.1 Å². The molecule has 0 atom stereocenters. The van der Waals surface area contributed by atoms with Crippen molar-refractivity contribution in [3.05, 3.63) is 64.2 Å². The van der Waals surface area contributed by atoms with E-state index in [2.05, 4.69) is 29.5 Å². The molecule has 11 heteroatoms. The van der Waals surface area contributed by atoms with Crippen molar-refractivity contribution in [3.8, 4) is 5.69 Å². The lowest BCUT2D eigenvalue weighted by Crippen LogP contribution is -2.78. The molecule has 39 heavy (non-hydrogen) atoms. The van der Waals surface area contributed by atoms with Gasteiger partial charge in [-0.2, -0.15) is 13.2 Å². The molecule has 2 aromatic carbocycles. The lowest BCUT2D eigenvalue weighted by molar-refractivity contribution is -0.364. The second kappa shape index (κ2) is 7.46. The number of rotatable bonds is 3. The van der Waals surface area contributed by atoms with E-state index in [1.54, 1.807) is 13.0 Å². The highest BCUT2D eigenvalue weighted by molar-refractivity contribution is 6.30. The molecule has 6 nitrogen and oxygen atoms in total. The molecule has 3 aliphatic carbocycles. The number of aryl methyl sites for hydroxylation is 1. The van der Waals surface area contributed by atoms with Gasteiger partial charge in [0.25, 0.3) is 0 Å². The predicted molar refractivity (Wildman–Crippen MR) is 139 cm³/mol. The average Bonchev–Trinajstić information content (AvgIpc) is 3.07. The molecular weight excluding hydrogens is 532 g/mol. The Balaban J connectivity index is 1.05. The van der Waals surface area contributed by atoms with Crippen LogP contribution in [0.5, 0.6) is 0 Å². The highest BCUT2D eigenvalue weighted by Crippen LogP contribution is 2.75. The summed E-state index contributed by atoms with van der Waals surface area (Å²) in [6.45, 7) is 5.90. The Morgan fingerprint density at radius 2 is 1.62 bits per heavy atom. The number of hydrogen-bond donors (Lipinski definition) is 0. The van der Waals surface area contributed by atoms with Crippen molar-refractivity contribution in [1.82, 2.24) is 19.7 Å². The molecule has 0 unspecified atom stereocenters. The largest absolute Gasteiger partial charge is 0.394 e.